The number of carbonyl (C=O) groups is 2. The average molecular weight is 496 g/mol. The molecule has 2 aliphatic heterocycles. The van der Waals surface area contributed by atoms with E-state index in [0.717, 1.165) is 18.4 Å². The summed E-state index contributed by atoms with van der Waals surface area (Å²) in [7, 11) is 0. The lowest BCUT2D eigenvalue weighted by molar-refractivity contribution is -0.119. The SMILES string of the molecule is Cl.O=C1OC(CCF)(CCF)n2c1cc1cc(NC(=O)[C@H]3NCCC3C3CCCCC3)ccc12. The first-order valence-electron chi connectivity index (χ1n) is 12.1. The van der Waals surface area contributed by atoms with Gasteiger partial charge in [0.15, 0.2) is 5.72 Å². The van der Waals surface area contributed by atoms with Crippen LogP contribution in [-0.2, 0) is 15.3 Å². The predicted octanol–water partition coefficient (Wildman–Crippen LogP) is 5.10. The van der Waals surface area contributed by atoms with Crippen LogP contribution < -0.4 is 10.6 Å². The number of ether oxygens (including phenoxy) is 1. The van der Waals surface area contributed by atoms with E-state index in [-0.39, 0.29) is 42.9 Å². The molecule has 2 N–H and O–H groups in total. The zero-order chi connectivity index (χ0) is 23.0. The minimum Gasteiger partial charge on any atom is -0.434 e. The Morgan fingerprint density at radius 1 is 1.12 bits per heavy atom. The van der Waals surface area contributed by atoms with Crippen LogP contribution in [0.15, 0.2) is 24.3 Å². The summed E-state index contributed by atoms with van der Waals surface area (Å²) in [5.74, 6) is 0.359. The summed E-state index contributed by atoms with van der Waals surface area (Å²) in [5.41, 5.74) is 0.242. The van der Waals surface area contributed by atoms with E-state index in [9.17, 15) is 18.4 Å². The Labute approximate surface area is 204 Å². The van der Waals surface area contributed by atoms with E-state index in [4.69, 9.17) is 4.74 Å². The van der Waals surface area contributed by atoms with Gasteiger partial charge in [-0.15, -0.1) is 12.4 Å². The number of hydrogen-bond acceptors (Lipinski definition) is 4. The standard InChI is InChI=1S/C25H31F2N3O3.ClH/c26-11-9-25(10-12-27)30-20-7-6-18(14-17(20)15-21(30)24(32)33-25)29-23(31)22-19(8-13-28-22)16-4-2-1-3-5-16;/h6-7,14-16,19,22,28H,1-5,8-13H2,(H,29,31);1H/t19?,22-;/m0./s1. The molecule has 2 atom stereocenters. The van der Waals surface area contributed by atoms with Gasteiger partial charge in [0.05, 0.1) is 24.9 Å². The highest BCUT2D eigenvalue weighted by molar-refractivity contribution is 6.01. The van der Waals surface area contributed by atoms with Gasteiger partial charge < -0.3 is 15.4 Å². The molecular formula is C25H32ClF2N3O3. The molecule has 6 nitrogen and oxygen atoms in total. The largest absolute Gasteiger partial charge is 0.434 e. The van der Waals surface area contributed by atoms with Gasteiger partial charge in [-0.25, -0.2) is 4.79 Å². The van der Waals surface area contributed by atoms with E-state index in [1.54, 1.807) is 22.8 Å². The summed E-state index contributed by atoms with van der Waals surface area (Å²) in [6.45, 7) is -0.591. The molecule has 3 heterocycles. The predicted molar refractivity (Wildman–Crippen MR) is 129 cm³/mol. The third-order valence-corrected chi connectivity index (χ3v) is 7.75. The summed E-state index contributed by atoms with van der Waals surface area (Å²) in [6, 6.07) is 6.84. The molecule has 3 aliphatic rings. The Hall–Kier alpha value is -2.19. The number of nitrogens with zero attached hydrogens (tertiary/aromatic N) is 1. The van der Waals surface area contributed by atoms with E-state index >= 15 is 0 Å². The summed E-state index contributed by atoms with van der Waals surface area (Å²) in [4.78, 5) is 25.6. The van der Waals surface area contributed by atoms with E-state index in [1.165, 1.54) is 32.1 Å². The molecule has 0 bridgehead atoms. The number of benzene rings is 1. The summed E-state index contributed by atoms with van der Waals surface area (Å²) < 4.78 is 33.6. The van der Waals surface area contributed by atoms with Gasteiger partial charge in [0, 0.05) is 23.9 Å². The van der Waals surface area contributed by atoms with Crippen LogP contribution in [0.5, 0.6) is 0 Å². The average Bonchev–Trinajstić information content (AvgIpc) is 3.50. The number of rotatable bonds is 7. The molecule has 1 aliphatic carbocycles. The maximum atomic E-state index is 13.3. The number of carbonyl (C=O) groups excluding carboxylic acids is 2. The Bertz CT molecular complexity index is 1050. The molecule has 34 heavy (non-hydrogen) atoms. The maximum Gasteiger partial charge on any atom is 0.357 e. The van der Waals surface area contributed by atoms with Crippen LogP contribution in [0.4, 0.5) is 14.5 Å². The minimum atomic E-state index is -1.34. The van der Waals surface area contributed by atoms with Crippen molar-refractivity contribution < 1.29 is 23.1 Å². The molecule has 1 saturated heterocycles. The normalized spacial score (nSPS) is 24.0. The highest BCUT2D eigenvalue weighted by Crippen LogP contribution is 2.41. The number of hydrogen-bond donors (Lipinski definition) is 2. The lowest BCUT2D eigenvalue weighted by atomic mass is 9.76. The van der Waals surface area contributed by atoms with E-state index in [1.807, 2.05) is 6.07 Å². The second kappa shape index (κ2) is 10.2. The first-order chi connectivity index (χ1) is 16.1. The highest BCUT2D eigenvalue weighted by Gasteiger charge is 2.46. The number of fused-ring (bicyclic) bond motifs is 3. The van der Waals surface area contributed by atoms with Crippen molar-refractivity contribution in [3.8, 4) is 0 Å². The summed E-state index contributed by atoms with van der Waals surface area (Å²) >= 11 is 0. The van der Waals surface area contributed by atoms with E-state index in [2.05, 4.69) is 10.6 Å². The second-order valence-electron chi connectivity index (χ2n) is 9.62. The Morgan fingerprint density at radius 3 is 2.56 bits per heavy atom. The van der Waals surface area contributed by atoms with Gasteiger partial charge in [0.25, 0.3) is 0 Å². The fraction of sp³-hybridized carbons (Fsp3) is 0.600. The van der Waals surface area contributed by atoms with Crippen LogP contribution in [0.25, 0.3) is 10.9 Å². The zero-order valence-corrected chi connectivity index (χ0v) is 20.0. The van der Waals surface area contributed by atoms with Gasteiger partial charge >= 0.3 is 5.97 Å². The summed E-state index contributed by atoms with van der Waals surface area (Å²) in [6.07, 6.45) is 7.02. The number of anilines is 1. The molecule has 5 rings (SSSR count). The number of nitrogens with one attached hydrogen (secondary N) is 2. The molecule has 0 radical (unpaired) electrons. The van der Waals surface area contributed by atoms with Crippen molar-refractivity contribution in [3.05, 3.63) is 30.0 Å². The van der Waals surface area contributed by atoms with Crippen LogP contribution in [-0.4, -0.2) is 42.4 Å². The Morgan fingerprint density at radius 2 is 1.85 bits per heavy atom. The van der Waals surface area contributed by atoms with E-state index in [0.29, 0.717) is 23.0 Å². The van der Waals surface area contributed by atoms with Crippen molar-refractivity contribution in [2.75, 3.05) is 25.2 Å². The van der Waals surface area contributed by atoms with Crippen LogP contribution in [0.1, 0.15) is 61.9 Å². The Kier molecular flexibility index (Phi) is 7.48. The first-order valence-corrected chi connectivity index (χ1v) is 12.1. The van der Waals surface area contributed by atoms with Crippen molar-refractivity contribution in [1.82, 2.24) is 9.88 Å². The molecule has 1 aromatic heterocycles. The molecular weight excluding hydrogens is 464 g/mol. The molecule has 1 amide bonds. The van der Waals surface area contributed by atoms with Gasteiger partial charge in [0.1, 0.15) is 5.69 Å². The van der Waals surface area contributed by atoms with Gasteiger partial charge in [-0.05, 0) is 49.1 Å². The number of alkyl halides is 2. The van der Waals surface area contributed by atoms with Crippen molar-refractivity contribution in [2.24, 2.45) is 11.8 Å². The molecule has 2 fully saturated rings. The monoisotopic (exact) mass is 495 g/mol. The quantitative estimate of drug-likeness (QED) is 0.524. The molecule has 1 aromatic carbocycles. The van der Waals surface area contributed by atoms with Gasteiger partial charge in [-0.3, -0.25) is 18.1 Å². The van der Waals surface area contributed by atoms with Gasteiger partial charge in [-0.2, -0.15) is 0 Å². The lowest BCUT2D eigenvalue weighted by Crippen LogP contribution is -2.42. The van der Waals surface area contributed by atoms with Crippen molar-refractivity contribution in [2.45, 2.75) is 63.1 Å². The number of halogens is 3. The lowest BCUT2D eigenvalue weighted by Gasteiger charge is -2.30. The van der Waals surface area contributed by atoms with Crippen molar-refractivity contribution in [3.63, 3.8) is 0 Å². The van der Waals surface area contributed by atoms with Crippen LogP contribution >= 0.6 is 12.4 Å². The zero-order valence-electron chi connectivity index (χ0n) is 19.2. The fourth-order valence-corrected chi connectivity index (χ4v) is 6.20. The second-order valence-corrected chi connectivity index (χ2v) is 9.62. The molecule has 2 aromatic rings. The van der Waals surface area contributed by atoms with Gasteiger partial charge in [-0.1, -0.05) is 32.1 Å². The van der Waals surface area contributed by atoms with E-state index < -0.39 is 25.0 Å². The molecule has 1 saturated carbocycles. The fourth-order valence-electron chi connectivity index (χ4n) is 6.20. The molecule has 0 spiro atoms. The molecule has 186 valence electrons. The van der Waals surface area contributed by atoms with Gasteiger partial charge in [0.2, 0.25) is 5.91 Å². The highest BCUT2D eigenvalue weighted by atomic mass is 35.5. The number of esters is 1. The molecule has 9 heteroatoms. The smallest absolute Gasteiger partial charge is 0.357 e. The van der Waals surface area contributed by atoms with Crippen molar-refractivity contribution in [1.29, 1.82) is 0 Å². The number of aromatic nitrogens is 1. The number of amides is 1. The van der Waals surface area contributed by atoms with Crippen LogP contribution in [0.2, 0.25) is 0 Å². The third-order valence-electron chi connectivity index (χ3n) is 7.75. The molecule has 1 unspecified atom stereocenters. The topological polar surface area (TPSA) is 72.4 Å². The summed E-state index contributed by atoms with van der Waals surface area (Å²) in [5, 5.41) is 7.16. The third kappa shape index (κ3) is 4.31. The van der Waals surface area contributed by atoms with Crippen LogP contribution in [0.3, 0.4) is 0 Å². The first kappa shape index (κ1) is 24.9. The Balaban J connectivity index is 0.00000274. The number of cyclic esters (lactones) is 1. The maximum absolute atomic E-state index is 13.3. The minimum absolute atomic E-state index is 0. The van der Waals surface area contributed by atoms with Crippen molar-refractivity contribution >= 4 is 40.9 Å². The van der Waals surface area contributed by atoms with Crippen LogP contribution in [0, 0.1) is 11.8 Å².